The van der Waals surface area contributed by atoms with Gasteiger partial charge in [-0.2, -0.15) is 0 Å². The van der Waals surface area contributed by atoms with Gasteiger partial charge in [-0.05, 0) is 50.5 Å². The van der Waals surface area contributed by atoms with E-state index in [4.69, 9.17) is 5.73 Å². The zero-order valence-corrected chi connectivity index (χ0v) is 20.4. The van der Waals surface area contributed by atoms with E-state index in [9.17, 15) is 14.4 Å². The summed E-state index contributed by atoms with van der Waals surface area (Å²) >= 11 is 0. The summed E-state index contributed by atoms with van der Waals surface area (Å²) in [6.07, 6.45) is 3.73. The zero-order valence-electron chi connectivity index (χ0n) is 20.4. The number of anilines is 2. The maximum Gasteiger partial charge on any atom is 0.295 e. The molecule has 0 saturated carbocycles. The third-order valence-corrected chi connectivity index (χ3v) is 5.49. The first-order valence-corrected chi connectivity index (χ1v) is 11.6. The van der Waals surface area contributed by atoms with Gasteiger partial charge < -0.3 is 16.4 Å². The molecule has 4 aromatic rings. The SMILES string of the molecule is CC#CC(=O)NCCCC(=O)c1nc(-c2ccc(C(=O)Nc3cccc(C)n3)cc2)c2c(N)nccn12. The zero-order chi connectivity index (χ0) is 26.4. The van der Waals surface area contributed by atoms with Crippen molar-refractivity contribution in [2.45, 2.75) is 26.7 Å². The van der Waals surface area contributed by atoms with Crippen LogP contribution in [0.5, 0.6) is 0 Å². The molecule has 0 aliphatic rings. The molecule has 0 aliphatic heterocycles. The van der Waals surface area contributed by atoms with E-state index < -0.39 is 0 Å². The van der Waals surface area contributed by atoms with Crippen molar-refractivity contribution in [3.05, 3.63) is 71.9 Å². The van der Waals surface area contributed by atoms with Gasteiger partial charge in [0.05, 0.1) is 0 Å². The Morgan fingerprint density at radius 2 is 1.86 bits per heavy atom. The van der Waals surface area contributed by atoms with Crippen LogP contribution in [0.2, 0.25) is 0 Å². The summed E-state index contributed by atoms with van der Waals surface area (Å²) in [4.78, 5) is 50.1. The molecule has 0 unspecified atom stereocenters. The van der Waals surface area contributed by atoms with Gasteiger partial charge in [-0.3, -0.25) is 18.8 Å². The van der Waals surface area contributed by atoms with Crippen LogP contribution in [-0.2, 0) is 4.79 Å². The Balaban J connectivity index is 1.55. The van der Waals surface area contributed by atoms with Crippen LogP contribution in [0.3, 0.4) is 0 Å². The van der Waals surface area contributed by atoms with Crippen LogP contribution in [0.4, 0.5) is 11.6 Å². The minimum atomic E-state index is -0.380. The molecular weight excluding hydrogens is 470 g/mol. The van der Waals surface area contributed by atoms with Crippen molar-refractivity contribution in [3.63, 3.8) is 0 Å². The second kappa shape index (κ2) is 11.1. The van der Waals surface area contributed by atoms with Crippen molar-refractivity contribution in [1.82, 2.24) is 24.7 Å². The Hall–Kier alpha value is -5.04. The number of benzene rings is 1. The Morgan fingerprint density at radius 1 is 1.08 bits per heavy atom. The molecule has 3 aromatic heterocycles. The predicted molar refractivity (Wildman–Crippen MR) is 140 cm³/mol. The van der Waals surface area contributed by atoms with Crippen LogP contribution >= 0.6 is 0 Å². The number of nitrogens with zero attached hydrogens (tertiary/aromatic N) is 4. The van der Waals surface area contributed by atoms with Gasteiger partial charge >= 0.3 is 0 Å². The maximum absolute atomic E-state index is 13.0. The van der Waals surface area contributed by atoms with Crippen molar-refractivity contribution in [2.24, 2.45) is 0 Å². The minimum Gasteiger partial charge on any atom is -0.382 e. The van der Waals surface area contributed by atoms with Crippen molar-refractivity contribution in [1.29, 1.82) is 0 Å². The van der Waals surface area contributed by atoms with Gasteiger partial charge in [0.1, 0.15) is 22.8 Å². The summed E-state index contributed by atoms with van der Waals surface area (Å²) < 4.78 is 1.62. The number of fused-ring (bicyclic) bond motifs is 1. The van der Waals surface area contributed by atoms with E-state index in [1.165, 1.54) is 6.20 Å². The maximum atomic E-state index is 13.0. The summed E-state index contributed by atoms with van der Waals surface area (Å²) in [6, 6.07) is 12.2. The standard InChI is InChI=1S/C27H25N7O3/c1-3-6-22(36)29-14-5-8-20(35)26-33-23(24-25(28)30-15-16-34(24)26)18-10-12-19(13-11-18)27(37)32-21-9-4-7-17(2)31-21/h4,7,9-13,15-16H,5,8,14H2,1-2H3,(H2,28,30)(H,29,36)(H,31,32,37). The number of hydrogen-bond acceptors (Lipinski definition) is 7. The average Bonchev–Trinajstić information content (AvgIpc) is 3.28. The van der Waals surface area contributed by atoms with E-state index in [0.717, 1.165) is 5.69 Å². The van der Waals surface area contributed by atoms with E-state index in [0.29, 0.717) is 41.1 Å². The van der Waals surface area contributed by atoms with Gasteiger partial charge in [0.2, 0.25) is 0 Å². The molecule has 3 heterocycles. The minimum absolute atomic E-state index is 0.173. The number of imidazole rings is 1. The molecule has 10 nitrogen and oxygen atoms in total. The summed E-state index contributed by atoms with van der Waals surface area (Å²) in [5.41, 5.74) is 9.04. The van der Waals surface area contributed by atoms with Crippen LogP contribution in [0.1, 0.15) is 46.4 Å². The monoisotopic (exact) mass is 495 g/mol. The van der Waals surface area contributed by atoms with Crippen molar-refractivity contribution in [2.75, 3.05) is 17.6 Å². The van der Waals surface area contributed by atoms with E-state index in [-0.39, 0.29) is 35.7 Å². The summed E-state index contributed by atoms with van der Waals surface area (Å²) in [5, 5.41) is 5.42. The number of ketones is 1. The summed E-state index contributed by atoms with van der Waals surface area (Å²) in [7, 11) is 0. The van der Waals surface area contributed by atoms with Crippen LogP contribution in [0.15, 0.2) is 54.9 Å². The van der Waals surface area contributed by atoms with Crippen LogP contribution in [0.25, 0.3) is 16.8 Å². The molecule has 0 aliphatic carbocycles. The number of aromatic nitrogens is 4. The number of nitrogens with one attached hydrogen (secondary N) is 2. The molecule has 0 spiro atoms. The third-order valence-electron chi connectivity index (χ3n) is 5.49. The molecule has 37 heavy (non-hydrogen) atoms. The van der Waals surface area contributed by atoms with E-state index in [1.54, 1.807) is 47.9 Å². The number of amides is 2. The third kappa shape index (κ3) is 5.79. The highest BCUT2D eigenvalue weighted by Crippen LogP contribution is 2.29. The molecule has 0 fully saturated rings. The lowest BCUT2D eigenvalue weighted by molar-refractivity contribution is -0.115. The predicted octanol–water partition coefficient (Wildman–Crippen LogP) is 3.04. The fraction of sp³-hybridized carbons (Fsp3) is 0.185. The van der Waals surface area contributed by atoms with E-state index in [1.807, 2.05) is 19.1 Å². The second-order valence-corrected chi connectivity index (χ2v) is 8.17. The van der Waals surface area contributed by atoms with Crippen LogP contribution < -0.4 is 16.4 Å². The number of nitrogens with two attached hydrogens (primary N) is 1. The first-order valence-electron chi connectivity index (χ1n) is 11.6. The molecule has 2 amide bonds. The van der Waals surface area contributed by atoms with Gasteiger partial charge in [-0.15, -0.1) is 0 Å². The Kier molecular flexibility index (Phi) is 7.54. The van der Waals surface area contributed by atoms with Crippen molar-refractivity contribution in [3.8, 4) is 23.1 Å². The summed E-state index contributed by atoms with van der Waals surface area (Å²) in [5.74, 6) is 4.94. The number of carbonyl (C=O) groups is 3. The molecule has 0 radical (unpaired) electrons. The fourth-order valence-electron chi connectivity index (χ4n) is 3.76. The lowest BCUT2D eigenvalue weighted by atomic mass is 10.1. The Morgan fingerprint density at radius 3 is 2.59 bits per heavy atom. The first kappa shape index (κ1) is 25.1. The Labute approximate surface area is 213 Å². The molecule has 0 atom stereocenters. The van der Waals surface area contributed by atoms with Gasteiger partial charge in [0, 0.05) is 42.2 Å². The molecule has 0 bridgehead atoms. The van der Waals surface area contributed by atoms with E-state index in [2.05, 4.69) is 37.4 Å². The molecule has 186 valence electrons. The fourth-order valence-corrected chi connectivity index (χ4v) is 3.76. The van der Waals surface area contributed by atoms with Gasteiger partial charge in [0.25, 0.3) is 11.8 Å². The highest BCUT2D eigenvalue weighted by molar-refractivity contribution is 6.04. The number of hydrogen-bond donors (Lipinski definition) is 3. The molecule has 0 saturated heterocycles. The normalized spacial score (nSPS) is 10.4. The number of aryl methyl sites for hydroxylation is 1. The lowest BCUT2D eigenvalue weighted by Crippen LogP contribution is -2.23. The van der Waals surface area contributed by atoms with Gasteiger partial charge in [-0.25, -0.2) is 15.0 Å². The lowest BCUT2D eigenvalue weighted by Gasteiger charge is -2.06. The van der Waals surface area contributed by atoms with Crippen LogP contribution in [0, 0.1) is 18.8 Å². The summed E-state index contributed by atoms with van der Waals surface area (Å²) in [6.45, 7) is 3.75. The Bertz CT molecular complexity index is 1550. The van der Waals surface area contributed by atoms with E-state index >= 15 is 0 Å². The topological polar surface area (TPSA) is 144 Å². The van der Waals surface area contributed by atoms with Crippen molar-refractivity contribution < 1.29 is 14.4 Å². The number of rotatable bonds is 8. The highest BCUT2D eigenvalue weighted by Gasteiger charge is 2.21. The number of carbonyl (C=O) groups excluding carboxylic acids is 3. The molecule has 4 rings (SSSR count). The van der Waals surface area contributed by atoms with Crippen LogP contribution in [-0.4, -0.2) is 43.5 Å². The van der Waals surface area contributed by atoms with Gasteiger partial charge in [-0.1, -0.05) is 24.1 Å². The smallest absolute Gasteiger partial charge is 0.295 e. The highest BCUT2D eigenvalue weighted by atomic mass is 16.2. The number of Topliss-reactive ketones (excluding diaryl/α,β-unsaturated/α-hetero) is 1. The number of pyridine rings is 1. The number of nitrogen functional groups attached to an aromatic ring is 1. The molecule has 4 N–H and O–H groups in total. The largest absolute Gasteiger partial charge is 0.382 e. The second-order valence-electron chi connectivity index (χ2n) is 8.17. The quantitative estimate of drug-likeness (QED) is 0.194. The molecular formula is C27H25N7O3. The molecule has 1 aromatic carbocycles. The first-order chi connectivity index (χ1) is 17.9. The van der Waals surface area contributed by atoms with Gasteiger partial charge in [0.15, 0.2) is 11.6 Å². The van der Waals surface area contributed by atoms with Crippen molar-refractivity contribution >= 4 is 34.8 Å². The molecule has 10 heteroatoms. The average molecular weight is 496 g/mol.